The van der Waals surface area contributed by atoms with Gasteiger partial charge in [0.15, 0.2) is 5.60 Å². The predicted molar refractivity (Wildman–Crippen MR) is 271 cm³/mol. The van der Waals surface area contributed by atoms with E-state index in [0.29, 0.717) is 38.2 Å². The van der Waals surface area contributed by atoms with Gasteiger partial charge >= 0.3 is 0 Å². The third-order valence-corrected chi connectivity index (χ3v) is 19.0. The lowest BCUT2D eigenvalue weighted by Gasteiger charge is -2.37. The Morgan fingerprint density at radius 1 is 0.897 bits per heavy atom. The van der Waals surface area contributed by atoms with E-state index in [2.05, 4.69) is 53.4 Å². The molecule has 3 aliphatic rings. The quantitative estimate of drug-likeness (QED) is 0.0555. The summed E-state index contributed by atoms with van der Waals surface area (Å²) in [6, 6.07) is 37.0. The highest BCUT2D eigenvalue weighted by molar-refractivity contribution is 9.10. The van der Waals surface area contributed by atoms with Crippen LogP contribution >= 0.6 is 15.9 Å². The molecule has 1 saturated heterocycles. The number of unbranched alkanes of at least 4 members (excludes halogenated alkanes) is 1. The number of rotatable bonds is 19. The predicted octanol–water partition coefficient (Wildman–Crippen LogP) is 7.98. The third-order valence-electron chi connectivity index (χ3n) is 14.2. The topological polar surface area (TPSA) is 141 Å². The number of nitrogens with zero attached hydrogens (tertiary/aromatic N) is 3. The van der Waals surface area contributed by atoms with Crippen molar-refractivity contribution in [3.05, 3.63) is 142 Å². The Labute approximate surface area is 409 Å². The van der Waals surface area contributed by atoms with E-state index in [0.717, 1.165) is 61.2 Å². The summed E-state index contributed by atoms with van der Waals surface area (Å²) in [5.74, 6) is 0.770. The molecule has 0 bridgehead atoms. The Morgan fingerprint density at radius 3 is 2.31 bits per heavy atom. The van der Waals surface area contributed by atoms with Gasteiger partial charge in [0.1, 0.15) is 11.5 Å². The van der Waals surface area contributed by atoms with Crippen molar-refractivity contribution in [2.24, 2.45) is 5.92 Å². The van der Waals surface area contributed by atoms with Crippen LogP contribution in [0.5, 0.6) is 11.5 Å². The molecule has 5 aromatic carbocycles. The zero-order valence-electron chi connectivity index (χ0n) is 39.6. The Bertz CT molecular complexity index is 2580. The van der Waals surface area contributed by atoms with E-state index in [4.69, 9.17) is 14.2 Å². The van der Waals surface area contributed by atoms with Crippen LogP contribution in [0.2, 0.25) is 18.6 Å². The van der Waals surface area contributed by atoms with Gasteiger partial charge in [-0.25, -0.2) is 0 Å². The summed E-state index contributed by atoms with van der Waals surface area (Å²) in [5, 5.41) is 24.1. The number of amides is 3. The average molecular weight is 1000 g/mol. The molecule has 3 heterocycles. The zero-order chi connectivity index (χ0) is 48.2. The number of carbonyl (C=O) groups is 3. The van der Waals surface area contributed by atoms with Gasteiger partial charge in [0.25, 0.3) is 5.91 Å². The Morgan fingerprint density at radius 2 is 1.62 bits per heavy atom. The summed E-state index contributed by atoms with van der Waals surface area (Å²) < 4.78 is 19.5. The molecule has 5 atom stereocenters. The van der Waals surface area contributed by atoms with Crippen molar-refractivity contribution >= 4 is 64.0 Å². The Balaban J connectivity index is 1.12. The maximum Gasteiger partial charge on any atom is 0.264 e. The minimum Gasteiger partial charge on any atom is -0.497 e. The maximum absolute atomic E-state index is 15.6. The van der Waals surface area contributed by atoms with Crippen LogP contribution in [0.1, 0.15) is 55.4 Å². The number of hydrogen-bond donors (Lipinski definition) is 3. The van der Waals surface area contributed by atoms with Gasteiger partial charge in [-0.3, -0.25) is 19.3 Å². The molecule has 68 heavy (non-hydrogen) atoms. The molecule has 0 aliphatic carbocycles. The van der Waals surface area contributed by atoms with Crippen LogP contribution in [-0.2, 0) is 44.2 Å². The van der Waals surface area contributed by atoms with Crippen LogP contribution in [0.4, 0.5) is 17.1 Å². The van der Waals surface area contributed by atoms with Crippen LogP contribution in [-0.4, -0.2) is 93.1 Å². The number of aliphatic hydroxyl groups excluding tert-OH is 2. The number of aliphatic hydroxyl groups is 2. The molecule has 0 radical (unpaired) electrons. The minimum absolute atomic E-state index is 0.0403. The second-order valence-corrected chi connectivity index (χ2v) is 24.2. The monoisotopic (exact) mass is 1000 g/mol. The molecule has 3 N–H and O–H groups in total. The fourth-order valence-electron chi connectivity index (χ4n) is 10.8. The average Bonchev–Trinajstić information content (AvgIpc) is 3.76. The van der Waals surface area contributed by atoms with E-state index in [1.807, 2.05) is 115 Å². The SMILES string of the molecule is CCOc1ccc2c(c1)CC(NCCCCO)C(=O)N2c1ccc(CN2C(=O)[C@]3(O[C@H](CC(=O)N(CCO)Cc4ccccc4)[C@@H]([Si](C)(C)c4ccc(OC)cc4)[C@@H]3C)c3cc(Br)ccc32)cc1. The van der Waals surface area contributed by atoms with Gasteiger partial charge in [-0.15, -0.1) is 0 Å². The Kier molecular flexibility index (Phi) is 15.2. The third kappa shape index (κ3) is 9.63. The molecule has 1 spiro atoms. The number of hydrogen-bond acceptors (Lipinski definition) is 9. The van der Waals surface area contributed by atoms with Crippen LogP contribution < -0.4 is 29.8 Å². The first-order valence-corrected chi connectivity index (χ1v) is 27.6. The van der Waals surface area contributed by atoms with Crippen molar-refractivity contribution in [1.29, 1.82) is 0 Å². The lowest BCUT2D eigenvalue weighted by atomic mass is 9.82. The summed E-state index contributed by atoms with van der Waals surface area (Å²) in [7, 11) is -0.923. The number of anilines is 3. The number of carbonyl (C=O) groups excluding carboxylic acids is 3. The summed E-state index contributed by atoms with van der Waals surface area (Å²) in [6.07, 6.45) is 1.35. The molecule has 358 valence electrons. The number of fused-ring (bicyclic) bond motifs is 3. The number of methoxy groups -OCH3 is 1. The van der Waals surface area contributed by atoms with E-state index < -0.39 is 25.8 Å². The molecule has 1 unspecified atom stereocenters. The van der Waals surface area contributed by atoms with E-state index in [1.54, 1.807) is 16.9 Å². The molecule has 1 fully saturated rings. The van der Waals surface area contributed by atoms with Gasteiger partial charge in [-0.2, -0.15) is 0 Å². The van der Waals surface area contributed by atoms with Crippen LogP contribution in [0.25, 0.3) is 0 Å². The van der Waals surface area contributed by atoms with E-state index in [9.17, 15) is 19.8 Å². The van der Waals surface area contributed by atoms with Crippen molar-refractivity contribution in [1.82, 2.24) is 10.2 Å². The molecule has 8 rings (SSSR count). The molecule has 12 nitrogen and oxygen atoms in total. The van der Waals surface area contributed by atoms with Crippen molar-refractivity contribution in [2.75, 3.05) is 49.8 Å². The standard InChI is InChI=1S/C54H63BrN4O8Si/c1-6-66-43-21-25-47-39(30-43)31-46(56-26-10-11-28-60)52(63)59(47)41-17-14-38(15-18-41)35-58-48-24-16-40(55)32-45(48)54(53(58)64)36(2)51(68(4,5)44-22-19-42(65-3)20-23-44)49(67-54)33-50(62)57(27-29-61)34-37-12-8-7-9-13-37/h7-9,12-25,30,32,36,46,49,51,56,60-61H,6,10-11,26-29,31,33-35H2,1-5H3/t36-,46?,49+,51-,54+/m0/s1. The highest BCUT2D eigenvalue weighted by atomic mass is 79.9. The smallest absolute Gasteiger partial charge is 0.264 e. The molecule has 5 aromatic rings. The summed E-state index contributed by atoms with van der Waals surface area (Å²) in [6.45, 7) is 10.5. The number of ether oxygens (including phenoxy) is 3. The minimum atomic E-state index is -2.57. The first-order valence-electron chi connectivity index (χ1n) is 23.7. The van der Waals surface area contributed by atoms with Gasteiger partial charge in [0, 0.05) is 41.3 Å². The fraction of sp³-hybridized carbons (Fsp3) is 0.389. The second kappa shape index (κ2) is 21.1. The van der Waals surface area contributed by atoms with Gasteiger partial charge in [-0.1, -0.05) is 95.7 Å². The van der Waals surface area contributed by atoms with Gasteiger partial charge in [0.05, 0.1) is 64.9 Å². The normalized spacial score (nSPS) is 21.0. The van der Waals surface area contributed by atoms with Crippen molar-refractivity contribution in [3.63, 3.8) is 0 Å². The summed E-state index contributed by atoms with van der Waals surface area (Å²) in [5.41, 5.74) is 4.26. The second-order valence-electron chi connectivity index (χ2n) is 18.6. The van der Waals surface area contributed by atoms with Gasteiger partial charge in [0.2, 0.25) is 11.8 Å². The van der Waals surface area contributed by atoms with Crippen LogP contribution in [0.3, 0.4) is 0 Å². The highest BCUT2D eigenvalue weighted by Gasteiger charge is 2.66. The van der Waals surface area contributed by atoms with Crippen molar-refractivity contribution < 1.29 is 38.8 Å². The first kappa shape index (κ1) is 49.1. The van der Waals surface area contributed by atoms with Gasteiger partial charge in [-0.05, 0) is 116 Å². The number of benzene rings is 5. The molecular weight excluding hydrogens is 941 g/mol. The fourth-order valence-corrected chi connectivity index (χ4v) is 15.2. The summed E-state index contributed by atoms with van der Waals surface area (Å²) >= 11 is 3.72. The molecule has 0 aromatic heterocycles. The molecule has 0 saturated carbocycles. The summed E-state index contributed by atoms with van der Waals surface area (Å²) in [4.78, 5) is 49.7. The maximum atomic E-state index is 15.6. The van der Waals surface area contributed by atoms with E-state index in [-0.39, 0.29) is 61.9 Å². The number of halogens is 1. The van der Waals surface area contributed by atoms with Crippen molar-refractivity contribution in [3.8, 4) is 11.5 Å². The number of nitrogens with one attached hydrogen (secondary N) is 1. The van der Waals surface area contributed by atoms with E-state index in [1.165, 1.54) is 0 Å². The van der Waals surface area contributed by atoms with Crippen LogP contribution in [0.15, 0.2) is 120 Å². The lowest BCUT2D eigenvalue weighted by molar-refractivity contribution is -0.150. The first-order chi connectivity index (χ1) is 32.8. The van der Waals surface area contributed by atoms with Crippen LogP contribution in [0, 0.1) is 5.92 Å². The molecule has 3 aliphatic heterocycles. The van der Waals surface area contributed by atoms with Crippen molar-refractivity contribution in [2.45, 2.75) is 89.0 Å². The van der Waals surface area contributed by atoms with Gasteiger partial charge < -0.3 is 39.5 Å². The largest absolute Gasteiger partial charge is 0.497 e. The molecular formula is C54H63BrN4O8Si. The van der Waals surface area contributed by atoms with E-state index >= 15 is 4.79 Å². The Hall–Kier alpha value is -5.35. The zero-order valence-corrected chi connectivity index (χ0v) is 42.2. The molecule has 14 heteroatoms. The molecule has 3 amide bonds. The lowest BCUT2D eigenvalue weighted by Crippen LogP contribution is -2.52. The highest BCUT2D eigenvalue weighted by Crippen LogP contribution is 2.60.